The first-order valence-corrected chi connectivity index (χ1v) is 4.11. The zero-order valence-electron chi connectivity index (χ0n) is 7.71. The summed E-state index contributed by atoms with van der Waals surface area (Å²) >= 11 is 0. The molecule has 0 saturated carbocycles. The normalized spacial score (nSPS) is 10.1. The van der Waals surface area contributed by atoms with Crippen LogP contribution in [0.15, 0.2) is 30.6 Å². The van der Waals surface area contributed by atoms with Gasteiger partial charge in [0.05, 0.1) is 19.5 Å². The van der Waals surface area contributed by atoms with E-state index >= 15 is 0 Å². The highest BCUT2D eigenvalue weighted by atomic mass is 16.5. The number of anilines is 1. The third-order valence-electron chi connectivity index (χ3n) is 1.79. The van der Waals surface area contributed by atoms with E-state index in [2.05, 4.69) is 10.1 Å². The molecule has 0 fully saturated rings. The Kier molecular flexibility index (Phi) is 2.06. The number of methoxy groups -OCH3 is 1. The minimum absolute atomic E-state index is 0.469. The Labute approximate surface area is 81.1 Å². The van der Waals surface area contributed by atoms with E-state index in [9.17, 15) is 0 Å². The Bertz CT molecular complexity index is 438. The zero-order valence-corrected chi connectivity index (χ0v) is 7.71. The lowest BCUT2D eigenvalue weighted by molar-refractivity contribution is 0.414. The number of pyridine rings is 1. The van der Waals surface area contributed by atoms with Gasteiger partial charge in [-0.25, -0.2) is 9.67 Å². The van der Waals surface area contributed by atoms with Gasteiger partial charge in [-0.2, -0.15) is 5.10 Å². The van der Waals surface area contributed by atoms with Crippen LogP contribution in [0.5, 0.6) is 5.75 Å². The van der Waals surface area contributed by atoms with Gasteiger partial charge in [0.25, 0.3) is 0 Å². The number of hydrogen-bond acceptors (Lipinski definition) is 4. The summed E-state index contributed by atoms with van der Waals surface area (Å²) < 4.78 is 6.61. The number of nitrogens with zero attached hydrogens (tertiary/aromatic N) is 3. The molecule has 5 heteroatoms. The molecule has 0 saturated heterocycles. The van der Waals surface area contributed by atoms with Crippen molar-refractivity contribution in [2.75, 3.05) is 12.8 Å². The van der Waals surface area contributed by atoms with Crippen molar-refractivity contribution in [2.45, 2.75) is 0 Å². The predicted octanol–water partition coefficient (Wildman–Crippen LogP) is 0.858. The second kappa shape index (κ2) is 3.37. The molecule has 0 aromatic carbocycles. The molecule has 0 aliphatic carbocycles. The molecule has 72 valence electrons. The number of nitrogen functional groups attached to an aromatic ring is 1. The second-order valence-electron chi connectivity index (χ2n) is 2.75. The van der Waals surface area contributed by atoms with Gasteiger partial charge in [0, 0.05) is 0 Å². The van der Waals surface area contributed by atoms with Crippen LogP contribution in [-0.2, 0) is 0 Å². The number of rotatable bonds is 2. The lowest BCUT2D eigenvalue weighted by Crippen LogP contribution is -1.99. The van der Waals surface area contributed by atoms with E-state index in [0.29, 0.717) is 17.4 Å². The van der Waals surface area contributed by atoms with Crippen molar-refractivity contribution in [3.8, 4) is 11.6 Å². The molecule has 0 bridgehead atoms. The third-order valence-corrected chi connectivity index (χ3v) is 1.79. The number of ether oxygens (including phenoxy) is 1. The van der Waals surface area contributed by atoms with Crippen LogP contribution >= 0.6 is 0 Å². The van der Waals surface area contributed by atoms with Crippen LogP contribution in [0.2, 0.25) is 0 Å². The molecule has 2 heterocycles. The van der Waals surface area contributed by atoms with Crippen molar-refractivity contribution >= 4 is 5.82 Å². The van der Waals surface area contributed by atoms with Crippen LogP contribution in [0, 0.1) is 0 Å². The Morgan fingerprint density at radius 2 is 2.29 bits per heavy atom. The van der Waals surface area contributed by atoms with Gasteiger partial charge in [0.2, 0.25) is 0 Å². The fourth-order valence-electron chi connectivity index (χ4n) is 1.10. The molecule has 2 aromatic rings. The van der Waals surface area contributed by atoms with Crippen molar-refractivity contribution in [2.24, 2.45) is 0 Å². The van der Waals surface area contributed by atoms with Gasteiger partial charge in [-0.05, 0) is 12.1 Å². The summed E-state index contributed by atoms with van der Waals surface area (Å²) in [4.78, 5) is 4.11. The summed E-state index contributed by atoms with van der Waals surface area (Å²) in [5, 5.41) is 4.07. The van der Waals surface area contributed by atoms with Gasteiger partial charge in [-0.1, -0.05) is 6.07 Å². The van der Waals surface area contributed by atoms with E-state index in [1.165, 1.54) is 0 Å². The monoisotopic (exact) mass is 190 g/mol. The molecule has 0 unspecified atom stereocenters. The van der Waals surface area contributed by atoms with E-state index in [1.54, 1.807) is 30.3 Å². The Hall–Kier alpha value is -2.04. The first-order chi connectivity index (χ1) is 6.79. The van der Waals surface area contributed by atoms with Crippen LogP contribution in [0.4, 0.5) is 5.82 Å². The van der Waals surface area contributed by atoms with E-state index in [0.717, 1.165) is 0 Å². The standard InChI is InChI=1S/C9H10N4O/c1-14-7-5-11-13(6-7)9-4-2-3-8(10)12-9/h2-6H,1H3,(H2,10,12). The number of nitrogens with two attached hydrogens (primary N) is 1. The summed E-state index contributed by atoms with van der Waals surface area (Å²) in [7, 11) is 1.59. The SMILES string of the molecule is COc1cnn(-c2cccc(N)n2)c1. The molecular formula is C9H10N4O. The Morgan fingerprint density at radius 3 is 2.93 bits per heavy atom. The number of aromatic nitrogens is 3. The number of hydrogen-bond donors (Lipinski definition) is 1. The molecule has 2 aromatic heterocycles. The van der Waals surface area contributed by atoms with E-state index < -0.39 is 0 Å². The molecule has 5 nitrogen and oxygen atoms in total. The van der Waals surface area contributed by atoms with Crippen molar-refractivity contribution in [3.63, 3.8) is 0 Å². The van der Waals surface area contributed by atoms with Crippen molar-refractivity contribution in [1.29, 1.82) is 0 Å². The Morgan fingerprint density at radius 1 is 1.43 bits per heavy atom. The smallest absolute Gasteiger partial charge is 0.157 e. The van der Waals surface area contributed by atoms with Gasteiger partial charge in [-0.3, -0.25) is 0 Å². The predicted molar refractivity (Wildman–Crippen MR) is 52.3 cm³/mol. The first-order valence-electron chi connectivity index (χ1n) is 4.11. The molecule has 0 atom stereocenters. The summed E-state index contributed by atoms with van der Waals surface area (Å²) in [6.07, 6.45) is 3.35. The molecular weight excluding hydrogens is 180 g/mol. The fourth-order valence-corrected chi connectivity index (χ4v) is 1.10. The van der Waals surface area contributed by atoms with Crippen LogP contribution in [0.3, 0.4) is 0 Å². The molecule has 2 N–H and O–H groups in total. The lowest BCUT2D eigenvalue weighted by atomic mass is 10.4. The van der Waals surface area contributed by atoms with E-state index in [-0.39, 0.29) is 0 Å². The summed E-state index contributed by atoms with van der Waals surface area (Å²) in [5.41, 5.74) is 5.55. The highest BCUT2D eigenvalue weighted by Crippen LogP contribution is 2.11. The molecule has 0 aliphatic heterocycles. The average molecular weight is 190 g/mol. The quantitative estimate of drug-likeness (QED) is 0.762. The first kappa shape index (κ1) is 8.55. The van der Waals surface area contributed by atoms with Crippen molar-refractivity contribution < 1.29 is 4.74 Å². The molecule has 0 spiro atoms. The van der Waals surface area contributed by atoms with E-state index in [1.807, 2.05) is 12.1 Å². The van der Waals surface area contributed by atoms with Crippen LogP contribution in [-0.4, -0.2) is 21.9 Å². The van der Waals surface area contributed by atoms with Gasteiger partial charge in [0.15, 0.2) is 11.6 Å². The largest absolute Gasteiger partial charge is 0.493 e. The minimum Gasteiger partial charge on any atom is -0.493 e. The average Bonchev–Trinajstić information content (AvgIpc) is 2.66. The third kappa shape index (κ3) is 1.52. The van der Waals surface area contributed by atoms with Gasteiger partial charge in [-0.15, -0.1) is 0 Å². The lowest BCUT2D eigenvalue weighted by Gasteiger charge is -1.99. The molecule has 0 radical (unpaired) electrons. The molecule has 0 amide bonds. The van der Waals surface area contributed by atoms with Crippen LogP contribution in [0.1, 0.15) is 0 Å². The summed E-state index contributed by atoms with van der Waals surface area (Å²) in [5.74, 6) is 1.83. The maximum Gasteiger partial charge on any atom is 0.157 e. The molecule has 2 rings (SSSR count). The summed E-state index contributed by atoms with van der Waals surface area (Å²) in [6, 6.07) is 5.37. The fraction of sp³-hybridized carbons (Fsp3) is 0.111. The highest BCUT2D eigenvalue weighted by molar-refractivity contribution is 5.35. The Balaban J connectivity index is 2.39. The summed E-state index contributed by atoms with van der Waals surface area (Å²) in [6.45, 7) is 0. The van der Waals surface area contributed by atoms with E-state index in [4.69, 9.17) is 10.5 Å². The van der Waals surface area contributed by atoms with Gasteiger partial charge < -0.3 is 10.5 Å². The van der Waals surface area contributed by atoms with Crippen molar-refractivity contribution in [3.05, 3.63) is 30.6 Å². The van der Waals surface area contributed by atoms with Gasteiger partial charge in [0.1, 0.15) is 5.82 Å². The molecule has 0 aliphatic rings. The van der Waals surface area contributed by atoms with Crippen molar-refractivity contribution in [1.82, 2.24) is 14.8 Å². The second-order valence-corrected chi connectivity index (χ2v) is 2.75. The molecule has 14 heavy (non-hydrogen) atoms. The maximum absolute atomic E-state index is 5.55. The van der Waals surface area contributed by atoms with Crippen LogP contribution in [0.25, 0.3) is 5.82 Å². The topological polar surface area (TPSA) is 66.0 Å². The minimum atomic E-state index is 0.469. The zero-order chi connectivity index (χ0) is 9.97. The maximum atomic E-state index is 5.55. The highest BCUT2D eigenvalue weighted by Gasteiger charge is 2.01. The van der Waals surface area contributed by atoms with Crippen LogP contribution < -0.4 is 10.5 Å². The van der Waals surface area contributed by atoms with Gasteiger partial charge >= 0.3 is 0 Å².